The van der Waals surface area contributed by atoms with E-state index in [-0.39, 0.29) is 0 Å². The first-order chi connectivity index (χ1) is 10.5. The van der Waals surface area contributed by atoms with E-state index in [0.717, 1.165) is 32.1 Å². The first-order valence-corrected chi connectivity index (χ1v) is 8.67. The maximum absolute atomic E-state index is 10.6. The lowest BCUT2D eigenvalue weighted by molar-refractivity contribution is -0.137. The zero-order chi connectivity index (χ0) is 16.6. The number of unbranched alkanes of at least 4 members (excludes halogenated alkanes) is 11. The van der Waals surface area contributed by atoms with Gasteiger partial charge in [0.2, 0.25) is 0 Å². The lowest BCUT2D eigenvalue weighted by Crippen LogP contribution is -1.98. The van der Waals surface area contributed by atoms with E-state index >= 15 is 0 Å². The fourth-order valence-corrected chi connectivity index (χ4v) is 2.49. The third-order valence-corrected chi connectivity index (χ3v) is 3.92. The number of aliphatic carboxylic acids is 2. The summed E-state index contributed by atoms with van der Waals surface area (Å²) in [6.45, 7) is 3.53. The van der Waals surface area contributed by atoms with E-state index in [2.05, 4.69) is 6.58 Å². The molecule has 22 heavy (non-hydrogen) atoms. The monoisotopic (exact) mass is 312 g/mol. The number of rotatable bonds is 16. The van der Waals surface area contributed by atoms with Gasteiger partial charge >= 0.3 is 11.9 Å². The summed E-state index contributed by atoms with van der Waals surface area (Å²) >= 11 is 0. The van der Waals surface area contributed by atoms with Crippen LogP contribution in [0.1, 0.15) is 89.9 Å². The lowest BCUT2D eigenvalue weighted by atomic mass is 10.0. The molecule has 0 amide bonds. The van der Waals surface area contributed by atoms with E-state index in [0.29, 0.717) is 18.4 Å². The molecule has 0 aromatic heterocycles. The molecule has 0 bridgehead atoms. The lowest BCUT2D eigenvalue weighted by Gasteiger charge is -2.03. The van der Waals surface area contributed by atoms with Crippen molar-refractivity contribution in [1.82, 2.24) is 0 Å². The Morgan fingerprint density at radius 3 is 1.23 bits per heavy atom. The zero-order valence-corrected chi connectivity index (χ0v) is 13.8. The molecule has 128 valence electrons. The first kappa shape index (κ1) is 20.7. The van der Waals surface area contributed by atoms with Crippen LogP contribution in [0.4, 0.5) is 0 Å². The highest BCUT2D eigenvalue weighted by molar-refractivity contribution is 5.85. The molecule has 4 nitrogen and oxygen atoms in total. The summed E-state index contributed by atoms with van der Waals surface area (Å²) < 4.78 is 0. The van der Waals surface area contributed by atoms with Crippen LogP contribution < -0.4 is 0 Å². The molecular formula is C18H32O4. The molecule has 0 unspecified atom stereocenters. The van der Waals surface area contributed by atoms with E-state index in [1.807, 2.05) is 0 Å². The summed E-state index contributed by atoms with van der Waals surface area (Å²) in [5.74, 6) is -1.56. The molecule has 0 atom stereocenters. The maximum atomic E-state index is 10.6. The van der Waals surface area contributed by atoms with Gasteiger partial charge in [0, 0.05) is 12.0 Å². The van der Waals surface area contributed by atoms with Gasteiger partial charge in [0.15, 0.2) is 0 Å². The fourth-order valence-electron chi connectivity index (χ4n) is 2.49. The highest BCUT2D eigenvalue weighted by atomic mass is 16.4. The van der Waals surface area contributed by atoms with Gasteiger partial charge in [0.05, 0.1) is 0 Å². The molecule has 4 heteroatoms. The molecule has 2 N–H and O–H groups in total. The van der Waals surface area contributed by atoms with E-state index in [1.54, 1.807) is 0 Å². The normalized spacial score (nSPS) is 10.5. The second kappa shape index (κ2) is 14.6. The Morgan fingerprint density at radius 2 is 0.909 bits per heavy atom. The third kappa shape index (κ3) is 15.1. The van der Waals surface area contributed by atoms with Crippen LogP contribution in [0.25, 0.3) is 0 Å². The molecule has 0 aromatic rings. The van der Waals surface area contributed by atoms with Crippen LogP contribution in [0.5, 0.6) is 0 Å². The minimum atomic E-state index is -0.872. The van der Waals surface area contributed by atoms with Gasteiger partial charge < -0.3 is 10.2 Å². The zero-order valence-electron chi connectivity index (χ0n) is 13.8. The van der Waals surface area contributed by atoms with Gasteiger partial charge in [0.1, 0.15) is 0 Å². The standard InChI is InChI=1S/C18H32O4/c1-16(18(21)22)14-12-10-8-6-4-2-3-5-7-9-11-13-15-17(19)20/h1-15H2,(H,19,20)(H,21,22). The molecule has 0 radical (unpaired) electrons. The minimum Gasteiger partial charge on any atom is -0.481 e. The second-order valence-electron chi connectivity index (χ2n) is 6.05. The largest absolute Gasteiger partial charge is 0.481 e. The molecule has 0 rings (SSSR count). The minimum absolute atomic E-state index is 0.305. The van der Waals surface area contributed by atoms with E-state index in [4.69, 9.17) is 10.2 Å². The van der Waals surface area contributed by atoms with E-state index < -0.39 is 11.9 Å². The Balaban J connectivity index is 3.10. The molecule has 0 aliphatic rings. The van der Waals surface area contributed by atoms with Gasteiger partial charge in [-0.15, -0.1) is 0 Å². The molecule has 0 saturated heterocycles. The van der Waals surface area contributed by atoms with Crippen LogP contribution in [0.15, 0.2) is 12.2 Å². The summed E-state index contributed by atoms with van der Waals surface area (Å²) in [6, 6.07) is 0. The number of carboxylic acids is 2. The Kier molecular flexibility index (Phi) is 13.7. The quantitative estimate of drug-likeness (QED) is 0.304. The topological polar surface area (TPSA) is 74.6 Å². The van der Waals surface area contributed by atoms with Gasteiger partial charge in [-0.2, -0.15) is 0 Å². The maximum Gasteiger partial charge on any atom is 0.330 e. The highest BCUT2D eigenvalue weighted by Crippen LogP contribution is 2.14. The van der Waals surface area contributed by atoms with Crippen molar-refractivity contribution in [2.45, 2.75) is 89.9 Å². The Bertz CT molecular complexity index is 323. The Morgan fingerprint density at radius 1 is 0.591 bits per heavy atom. The van der Waals surface area contributed by atoms with E-state index in [9.17, 15) is 9.59 Å². The van der Waals surface area contributed by atoms with Crippen molar-refractivity contribution in [2.24, 2.45) is 0 Å². The molecule has 0 saturated carbocycles. The van der Waals surface area contributed by atoms with E-state index in [1.165, 1.54) is 44.9 Å². The Hall–Kier alpha value is -1.32. The first-order valence-electron chi connectivity index (χ1n) is 8.67. The van der Waals surface area contributed by atoms with Crippen LogP contribution >= 0.6 is 0 Å². The summed E-state index contributed by atoms with van der Waals surface area (Å²) in [6.07, 6.45) is 14.6. The highest BCUT2D eigenvalue weighted by Gasteiger charge is 2.02. The van der Waals surface area contributed by atoms with Crippen LogP contribution in [-0.4, -0.2) is 22.2 Å². The number of carboxylic acid groups (broad SMARTS) is 2. The van der Waals surface area contributed by atoms with Crippen molar-refractivity contribution in [3.63, 3.8) is 0 Å². The van der Waals surface area contributed by atoms with Crippen molar-refractivity contribution in [3.05, 3.63) is 12.2 Å². The molecule has 0 spiro atoms. The van der Waals surface area contributed by atoms with Gasteiger partial charge in [-0.1, -0.05) is 70.8 Å². The van der Waals surface area contributed by atoms with Gasteiger partial charge in [-0.25, -0.2) is 4.79 Å². The molecule has 0 heterocycles. The average molecular weight is 312 g/mol. The smallest absolute Gasteiger partial charge is 0.330 e. The predicted octanol–water partition coefficient (Wildman–Crippen LogP) is 5.17. The van der Waals surface area contributed by atoms with Gasteiger partial charge in [-0.3, -0.25) is 4.79 Å². The van der Waals surface area contributed by atoms with Crippen LogP contribution in [-0.2, 0) is 9.59 Å². The van der Waals surface area contributed by atoms with Crippen LogP contribution in [0.3, 0.4) is 0 Å². The third-order valence-electron chi connectivity index (χ3n) is 3.92. The van der Waals surface area contributed by atoms with Crippen molar-refractivity contribution in [2.75, 3.05) is 0 Å². The summed E-state index contributed by atoms with van der Waals surface area (Å²) in [4.78, 5) is 20.9. The summed E-state index contributed by atoms with van der Waals surface area (Å²) in [5, 5.41) is 17.2. The second-order valence-corrected chi connectivity index (χ2v) is 6.05. The Labute approximate surface area is 134 Å². The average Bonchev–Trinajstić information content (AvgIpc) is 2.46. The van der Waals surface area contributed by atoms with Gasteiger partial charge in [0.25, 0.3) is 0 Å². The number of hydrogen-bond donors (Lipinski definition) is 2. The number of carbonyl (C=O) groups is 2. The predicted molar refractivity (Wildman–Crippen MR) is 89.0 cm³/mol. The number of hydrogen-bond acceptors (Lipinski definition) is 2. The van der Waals surface area contributed by atoms with Crippen LogP contribution in [0.2, 0.25) is 0 Å². The molecule has 0 aliphatic carbocycles. The molecule has 0 aromatic carbocycles. The van der Waals surface area contributed by atoms with Crippen LogP contribution in [0, 0.1) is 0 Å². The fraction of sp³-hybridized carbons (Fsp3) is 0.778. The summed E-state index contributed by atoms with van der Waals surface area (Å²) in [5.41, 5.74) is 0.323. The van der Waals surface area contributed by atoms with Crippen molar-refractivity contribution in [1.29, 1.82) is 0 Å². The SMILES string of the molecule is C=C(CCCCCCCCCCCCCCC(=O)O)C(=O)O. The van der Waals surface area contributed by atoms with Crippen molar-refractivity contribution in [3.8, 4) is 0 Å². The van der Waals surface area contributed by atoms with Gasteiger partial charge in [-0.05, 0) is 19.3 Å². The van der Waals surface area contributed by atoms with Crippen molar-refractivity contribution < 1.29 is 19.8 Å². The summed E-state index contributed by atoms with van der Waals surface area (Å²) in [7, 11) is 0. The molecule has 0 aliphatic heterocycles. The van der Waals surface area contributed by atoms with Crippen molar-refractivity contribution >= 4 is 11.9 Å². The molecular weight excluding hydrogens is 280 g/mol. The molecule has 0 fully saturated rings.